The summed E-state index contributed by atoms with van der Waals surface area (Å²) in [7, 11) is 0. The van der Waals surface area contributed by atoms with Gasteiger partial charge in [0.05, 0.1) is 6.61 Å². The van der Waals surface area contributed by atoms with Crippen LogP contribution >= 0.6 is 0 Å². The van der Waals surface area contributed by atoms with Crippen molar-refractivity contribution >= 4 is 12.0 Å². The number of aryl methyl sites for hydroxylation is 1. The molecule has 1 aromatic carbocycles. The average molecular weight is 352 g/mol. The van der Waals surface area contributed by atoms with Gasteiger partial charge in [0.15, 0.2) is 0 Å². The van der Waals surface area contributed by atoms with Gasteiger partial charge in [-0.05, 0) is 35.8 Å². The molecule has 0 spiro atoms. The number of hydrogen-bond acceptors (Lipinski definition) is 4. The predicted molar refractivity (Wildman–Crippen MR) is 99.0 cm³/mol. The van der Waals surface area contributed by atoms with Crippen LogP contribution in [0.3, 0.4) is 0 Å². The number of nitrogens with one attached hydrogen (secondary N) is 1. The molecule has 6 heteroatoms. The molecular weight excluding hydrogens is 328 g/mol. The van der Waals surface area contributed by atoms with Gasteiger partial charge >= 0.3 is 0 Å². The molecule has 2 aliphatic rings. The molecule has 6 nitrogen and oxygen atoms in total. The molecule has 136 valence electrons. The van der Waals surface area contributed by atoms with E-state index in [1.165, 1.54) is 5.56 Å². The van der Waals surface area contributed by atoms with Crippen molar-refractivity contribution in [3.63, 3.8) is 0 Å². The highest BCUT2D eigenvalue weighted by Gasteiger charge is 2.24. The highest BCUT2D eigenvalue weighted by molar-refractivity contribution is 5.92. The van der Waals surface area contributed by atoms with Crippen LogP contribution in [0, 0.1) is 0 Å². The fourth-order valence-corrected chi connectivity index (χ4v) is 3.62. The van der Waals surface area contributed by atoms with Crippen LogP contribution in [0.4, 0.5) is 0 Å². The quantitative estimate of drug-likeness (QED) is 0.859. The Kier molecular flexibility index (Phi) is 4.49. The van der Waals surface area contributed by atoms with Crippen LogP contribution in [0.15, 0.2) is 24.3 Å². The van der Waals surface area contributed by atoms with Crippen LogP contribution in [-0.2, 0) is 24.2 Å². The lowest BCUT2D eigenvalue weighted by Crippen LogP contribution is -2.40. The van der Waals surface area contributed by atoms with E-state index in [9.17, 15) is 4.79 Å². The van der Waals surface area contributed by atoms with Crippen LogP contribution in [0.2, 0.25) is 0 Å². The maximum Gasteiger partial charge on any atom is 0.244 e. The summed E-state index contributed by atoms with van der Waals surface area (Å²) < 4.78 is 7.67. The number of hydrogen-bond donors (Lipinski definition) is 1. The SMILES string of the molecule is CC(C)c1nnc2n1C[C@H](NC(=O)/C=C/c1ccc3c(c1)CCO3)CC2. The molecule has 0 aliphatic carbocycles. The molecule has 26 heavy (non-hydrogen) atoms. The first-order valence-corrected chi connectivity index (χ1v) is 9.26. The fraction of sp³-hybridized carbons (Fsp3) is 0.450. The molecule has 2 aromatic rings. The van der Waals surface area contributed by atoms with E-state index < -0.39 is 0 Å². The second kappa shape index (κ2) is 6.94. The van der Waals surface area contributed by atoms with Gasteiger partial charge in [0.25, 0.3) is 0 Å². The summed E-state index contributed by atoms with van der Waals surface area (Å²) in [4.78, 5) is 12.3. The molecule has 0 unspecified atom stereocenters. The first-order chi connectivity index (χ1) is 12.6. The van der Waals surface area contributed by atoms with Crippen molar-refractivity contribution in [2.45, 2.75) is 51.6 Å². The molecular formula is C20H24N4O2. The molecule has 0 radical (unpaired) electrons. The van der Waals surface area contributed by atoms with Gasteiger partial charge in [-0.15, -0.1) is 10.2 Å². The number of rotatable bonds is 4. The molecule has 2 aliphatic heterocycles. The van der Waals surface area contributed by atoms with E-state index in [4.69, 9.17) is 4.74 Å². The number of ether oxygens (including phenoxy) is 1. The maximum absolute atomic E-state index is 12.3. The van der Waals surface area contributed by atoms with Gasteiger partial charge in [-0.25, -0.2) is 0 Å². The third-order valence-electron chi connectivity index (χ3n) is 4.98. The summed E-state index contributed by atoms with van der Waals surface area (Å²) in [5.74, 6) is 3.24. The van der Waals surface area contributed by atoms with E-state index in [1.807, 2.05) is 18.2 Å². The van der Waals surface area contributed by atoms with Crippen LogP contribution in [0.1, 0.15) is 49.0 Å². The minimum absolute atomic E-state index is 0.0608. The lowest BCUT2D eigenvalue weighted by Gasteiger charge is -2.25. The number of carbonyl (C=O) groups is 1. The molecule has 3 heterocycles. The van der Waals surface area contributed by atoms with E-state index in [1.54, 1.807) is 6.08 Å². The second-order valence-electron chi connectivity index (χ2n) is 7.28. The molecule has 1 amide bonds. The number of aromatic nitrogens is 3. The minimum atomic E-state index is -0.0608. The normalized spacial score (nSPS) is 18.7. The third kappa shape index (κ3) is 3.36. The van der Waals surface area contributed by atoms with Crippen molar-refractivity contribution in [3.8, 4) is 5.75 Å². The molecule has 1 atom stereocenters. The van der Waals surface area contributed by atoms with Crippen molar-refractivity contribution in [2.75, 3.05) is 6.61 Å². The summed E-state index contributed by atoms with van der Waals surface area (Å²) in [6, 6.07) is 6.15. The Morgan fingerprint density at radius 2 is 2.23 bits per heavy atom. The molecule has 0 saturated carbocycles. The van der Waals surface area contributed by atoms with Gasteiger partial charge in [-0.3, -0.25) is 4.79 Å². The molecule has 4 rings (SSSR count). The van der Waals surface area contributed by atoms with Crippen molar-refractivity contribution in [2.24, 2.45) is 0 Å². The Bertz CT molecular complexity index is 853. The Hall–Kier alpha value is -2.63. The summed E-state index contributed by atoms with van der Waals surface area (Å²) in [5, 5.41) is 11.7. The topological polar surface area (TPSA) is 69.0 Å². The van der Waals surface area contributed by atoms with Crippen molar-refractivity contribution in [1.82, 2.24) is 20.1 Å². The number of benzene rings is 1. The van der Waals surface area contributed by atoms with E-state index in [0.29, 0.717) is 5.92 Å². The summed E-state index contributed by atoms with van der Waals surface area (Å²) in [5.41, 5.74) is 2.23. The number of fused-ring (bicyclic) bond motifs is 2. The van der Waals surface area contributed by atoms with Gasteiger partial charge < -0.3 is 14.6 Å². The van der Waals surface area contributed by atoms with Crippen molar-refractivity contribution in [3.05, 3.63) is 47.1 Å². The van der Waals surface area contributed by atoms with E-state index >= 15 is 0 Å². The van der Waals surface area contributed by atoms with Gasteiger partial charge in [-0.1, -0.05) is 19.9 Å². The summed E-state index contributed by atoms with van der Waals surface area (Å²) >= 11 is 0. The van der Waals surface area contributed by atoms with Gasteiger partial charge in [0.1, 0.15) is 17.4 Å². The Morgan fingerprint density at radius 1 is 1.35 bits per heavy atom. The first-order valence-electron chi connectivity index (χ1n) is 9.26. The number of nitrogens with zero attached hydrogens (tertiary/aromatic N) is 3. The Balaban J connectivity index is 1.38. The molecule has 0 fully saturated rings. The maximum atomic E-state index is 12.3. The fourth-order valence-electron chi connectivity index (χ4n) is 3.62. The minimum Gasteiger partial charge on any atom is -0.493 e. The zero-order valence-electron chi connectivity index (χ0n) is 15.2. The molecule has 1 N–H and O–H groups in total. The lowest BCUT2D eigenvalue weighted by atomic mass is 10.1. The summed E-state index contributed by atoms with van der Waals surface area (Å²) in [6.07, 6.45) is 6.15. The van der Waals surface area contributed by atoms with E-state index in [2.05, 4.69) is 40.0 Å². The van der Waals surface area contributed by atoms with Crippen LogP contribution < -0.4 is 10.1 Å². The second-order valence-corrected chi connectivity index (χ2v) is 7.28. The van der Waals surface area contributed by atoms with Crippen LogP contribution in [0.5, 0.6) is 5.75 Å². The van der Waals surface area contributed by atoms with Gasteiger partial charge in [0.2, 0.25) is 5.91 Å². The number of carbonyl (C=O) groups excluding carboxylic acids is 1. The highest BCUT2D eigenvalue weighted by Crippen LogP contribution is 2.26. The van der Waals surface area contributed by atoms with Gasteiger partial charge in [-0.2, -0.15) is 0 Å². The zero-order valence-corrected chi connectivity index (χ0v) is 15.2. The van der Waals surface area contributed by atoms with Crippen molar-refractivity contribution in [1.29, 1.82) is 0 Å². The smallest absolute Gasteiger partial charge is 0.244 e. The molecule has 0 bridgehead atoms. The predicted octanol–water partition coefficient (Wildman–Crippen LogP) is 2.48. The largest absolute Gasteiger partial charge is 0.493 e. The van der Waals surface area contributed by atoms with Crippen molar-refractivity contribution < 1.29 is 9.53 Å². The standard InChI is InChI=1S/C20H24N4O2/c1-13(2)20-23-22-18-7-5-16(12-24(18)20)21-19(25)8-4-14-3-6-17-15(11-14)9-10-26-17/h3-4,6,8,11,13,16H,5,7,9-10,12H2,1-2H3,(H,21,25)/b8-4+/t16-/m1/s1. The zero-order chi connectivity index (χ0) is 18.1. The van der Waals surface area contributed by atoms with Gasteiger partial charge in [0, 0.05) is 37.4 Å². The molecule has 0 saturated heterocycles. The average Bonchev–Trinajstić information content (AvgIpc) is 3.25. The molecule has 1 aromatic heterocycles. The van der Waals surface area contributed by atoms with Crippen LogP contribution in [0.25, 0.3) is 6.08 Å². The van der Waals surface area contributed by atoms with E-state index in [-0.39, 0.29) is 11.9 Å². The highest BCUT2D eigenvalue weighted by atomic mass is 16.5. The first kappa shape index (κ1) is 16.8. The Labute approximate surface area is 153 Å². The third-order valence-corrected chi connectivity index (χ3v) is 4.98. The lowest BCUT2D eigenvalue weighted by molar-refractivity contribution is -0.117. The Morgan fingerprint density at radius 3 is 3.08 bits per heavy atom. The van der Waals surface area contributed by atoms with E-state index in [0.717, 1.165) is 55.4 Å². The van der Waals surface area contributed by atoms with Crippen LogP contribution in [-0.4, -0.2) is 33.3 Å². The monoisotopic (exact) mass is 352 g/mol. The number of amides is 1. The summed E-state index contributed by atoms with van der Waals surface area (Å²) in [6.45, 7) is 5.72.